The smallest absolute Gasteiger partial charge is 0.337 e. The van der Waals surface area contributed by atoms with Gasteiger partial charge >= 0.3 is 5.97 Å². The number of halogens is 1. The maximum Gasteiger partial charge on any atom is 0.337 e. The van der Waals surface area contributed by atoms with E-state index in [1.165, 1.54) is 0 Å². The number of aromatic nitrogens is 2. The van der Waals surface area contributed by atoms with Gasteiger partial charge < -0.3 is 10.1 Å². The molecular weight excluding hydrogens is 276 g/mol. The van der Waals surface area contributed by atoms with Gasteiger partial charge in [0.2, 0.25) is 0 Å². The molecular formula is C15H11ClN2O2. The molecule has 0 aliphatic carbocycles. The first kappa shape index (κ1) is 12.7. The molecule has 3 aromatic rings. The second-order valence-corrected chi connectivity index (χ2v) is 4.91. The van der Waals surface area contributed by atoms with Crippen LogP contribution in [0, 0.1) is 6.92 Å². The molecule has 1 heterocycles. The van der Waals surface area contributed by atoms with Crippen molar-refractivity contribution in [2.75, 3.05) is 0 Å². The minimum absolute atomic E-state index is 0.185. The molecule has 2 aromatic carbocycles. The molecule has 1 aromatic heterocycles. The van der Waals surface area contributed by atoms with Gasteiger partial charge in [-0.15, -0.1) is 0 Å². The molecule has 4 nitrogen and oxygen atoms in total. The van der Waals surface area contributed by atoms with E-state index in [2.05, 4.69) is 9.97 Å². The maximum atomic E-state index is 11.2. The Morgan fingerprint density at radius 1 is 1.25 bits per heavy atom. The minimum atomic E-state index is -0.989. The molecule has 100 valence electrons. The normalized spacial score (nSPS) is 10.9. The summed E-state index contributed by atoms with van der Waals surface area (Å²) < 4.78 is 0. The fourth-order valence-electron chi connectivity index (χ4n) is 2.20. The molecule has 0 radical (unpaired) electrons. The first-order valence-corrected chi connectivity index (χ1v) is 6.43. The van der Waals surface area contributed by atoms with Crippen molar-refractivity contribution in [2.45, 2.75) is 6.92 Å². The van der Waals surface area contributed by atoms with Crippen molar-refractivity contribution in [2.24, 2.45) is 0 Å². The Balaban J connectivity index is 2.26. The van der Waals surface area contributed by atoms with Gasteiger partial charge in [0.15, 0.2) is 0 Å². The number of aromatic carboxylic acids is 1. The number of nitrogens with one attached hydrogen (secondary N) is 1. The summed E-state index contributed by atoms with van der Waals surface area (Å²) in [6.07, 6.45) is 0. The molecule has 0 spiro atoms. The number of rotatable bonds is 2. The number of carboxylic acids is 1. The largest absolute Gasteiger partial charge is 0.478 e. The molecule has 5 heteroatoms. The number of nitrogens with zero attached hydrogens (tertiary/aromatic N) is 1. The van der Waals surface area contributed by atoms with Crippen molar-refractivity contribution in [1.82, 2.24) is 9.97 Å². The average molecular weight is 287 g/mol. The van der Waals surface area contributed by atoms with Gasteiger partial charge in [0.25, 0.3) is 0 Å². The molecule has 0 aliphatic heterocycles. The highest BCUT2D eigenvalue weighted by Crippen LogP contribution is 2.28. The van der Waals surface area contributed by atoms with E-state index in [-0.39, 0.29) is 5.56 Å². The van der Waals surface area contributed by atoms with E-state index in [1.54, 1.807) is 18.2 Å². The Morgan fingerprint density at radius 2 is 2.00 bits per heavy atom. The van der Waals surface area contributed by atoms with Crippen LogP contribution in [0.15, 0.2) is 36.4 Å². The van der Waals surface area contributed by atoms with Crippen LogP contribution in [0.2, 0.25) is 5.02 Å². The lowest BCUT2D eigenvalue weighted by Crippen LogP contribution is -1.96. The number of para-hydroxylation sites is 1. The zero-order valence-corrected chi connectivity index (χ0v) is 11.4. The molecule has 0 aliphatic rings. The average Bonchev–Trinajstić information content (AvgIpc) is 2.84. The lowest BCUT2D eigenvalue weighted by molar-refractivity contribution is 0.0699. The van der Waals surface area contributed by atoms with Crippen LogP contribution in [0.4, 0.5) is 0 Å². The number of hydrogen-bond acceptors (Lipinski definition) is 2. The standard InChI is InChI=1S/C15H11ClN2O2/c1-8-9(4-2-6-11(8)16)14-17-12-7-3-5-10(15(19)20)13(12)18-14/h2-7H,1H3,(H,17,18)(H,19,20). The highest BCUT2D eigenvalue weighted by Gasteiger charge is 2.14. The molecule has 0 amide bonds. The van der Waals surface area contributed by atoms with E-state index in [4.69, 9.17) is 11.6 Å². The first-order valence-electron chi connectivity index (χ1n) is 6.05. The van der Waals surface area contributed by atoms with Gasteiger partial charge in [-0.3, -0.25) is 0 Å². The lowest BCUT2D eigenvalue weighted by atomic mass is 10.1. The zero-order chi connectivity index (χ0) is 14.3. The maximum absolute atomic E-state index is 11.2. The monoisotopic (exact) mass is 286 g/mol. The molecule has 0 bridgehead atoms. The van der Waals surface area contributed by atoms with Crippen LogP contribution in [0.1, 0.15) is 15.9 Å². The zero-order valence-electron chi connectivity index (χ0n) is 10.6. The topological polar surface area (TPSA) is 66.0 Å². The summed E-state index contributed by atoms with van der Waals surface area (Å²) in [5.74, 6) is -0.370. The summed E-state index contributed by atoms with van der Waals surface area (Å²) in [6, 6.07) is 10.6. The summed E-state index contributed by atoms with van der Waals surface area (Å²) in [7, 11) is 0. The van der Waals surface area contributed by atoms with E-state index >= 15 is 0 Å². The third kappa shape index (κ3) is 1.94. The van der Waals surface area contributed by atoms with Gasteiger partial charge in [-0.1, -0.05) is 29.8 Å². The number of benzene rings is 2. The van der Waals surface area contributed by atoms with Gasteiger partial charge in [0.05, 0.1) is 11.1 Å². The van der Waals surface area contributed by atoms with Crippen LogP contribution < -0.4 is 0 Å². The highest BCUT2D eigenvalue weighted by molar-refractivity contribution is 6.31. The molecule has 20 heavy (non-hydrogen) atoms. The van der Waals surface area contributed by atoms with E-state index in [1.807, 2.05) is 25.1 Å². The van der Waals surface area contributed by atoms with Gasteiger partial charge in [-0.25, -0.2) is 9.78 Å². The molecule has 0 atom stereocenters. The Kier molecular flexibility index (Phi) is 2.95. The number of carboxylic acid groups (broad SMARTS) is 1. The Hall–Kier alpha value is -2.33. The van der Waals surface area contributed by atoms with Crippen LogP contribution in [0.25, 0.3) is 22.4 Å². The van der Waals surface area contributed by atoms with Gasteiger partial charge in [0.1, 0.15) is 11.3 Å². The molecule has 0 saturated carbocycles. The molecule has 3 rings (SSSR count). The Bertz CT molecular complexity index is 824. The highest BCUT2D eigenvalue weighted by atomic mass is 35.5. The summed E-state index contributed by atoms with van der Waals surface area (Å²) >= 11 is 6.11. The van der Waals surface area contributed by atoms with Crippen molar-refractivity contribution in [3.05, 3.63) is 52.5 Å². The third-order valence-corrected chi connectivity index (χ3v) is 3.68. The predicted octanol–water partition coefficient (Wildman–Crippen LogP) is 3.89. The quantitative estimate of drug-likeness (QED) is 0.751. The second kappa shape index (κ2) is 4.65. The predicted molar refractivity (Wildman–Crippen MR) is 78.2 cm³/mol. The van der Waals surface area contributed by atoms with Crippen LogP contribution in [0.5, 0.6) is 0 Å². The van der Waals surface area contributed by atoms with E-state index in [0.717, 1.165) is 11.1 Å². The van der Waals surface area contributed by atoms with Crippen LogP contribution >= 0.6 is 11.6 Å². The number of H-pyrrole nitrogens is 1. The van der Waals surface area contributed by atoms with E-state index < -0.39 is 5.97 Å². The number of imidazole rings is 1. The van der Waals surface area contributed by atoms with Crippen molar-refractivity contribution < 1.29 is 9.90 Å². The molecule has 2 N–H and O–H groups in total. The Morgan fingerprint density at radius 3 is 2.75 bits per heavy atom. The van der Waals surface area contributed by atoms with Crippen molar-refractivity contribution in [1.29, 1.82) is 0 Å². The fraction of sp³-hybridized carbons (Fsp3) is 0.0667. The number of carbonyl (C=O) groups is 1. The molecule has 0 fully saturated rings. The minimum Gasteiger partial charge on any atom is -0.478 e. The van der Waals surface area contributed by atoms with Gasteiger partial charge in [0, 0.05) is 10.6 Å². The van der Waals surface area contributed by atoms with Crippen LogP contribution in [-0.4, -0.2) is 21.0 Å². The first-order chi connectivity index (χ1) is 9.58. The summed E-state index contributed by atoms with van der Waals surface area (Å²) in [4.78, 5) is 18.8. The summed E-state index contributed by atoms with van der Waals surface area (Å²) in [5.41, 5.74) is 3.11. The molecule has 0 unspecified atom stereocenters. The van der Waals surface area contributed by atoms with Crippen molar-refractivity contribution >= 4 is 28.6 Å². The SMILES string of the molecule is Cc1c(Cl)cccc1-c1nc2c(C(=O)O)cccc2[nH]1. The number of hydrogen-bond donors (Lipinski definition) is 2. The van der Waals surface area contributed by atoms with E-state index in [0.29, 0.717) is 21.9 Å². The second-order valence-electron chi connectivity index (χ2n) is 4.50. The Labute approximate surface area is 120 Å². The third-order valence-electron chi connectivity index (χ3n) is 3.27. The van der Waals surface area contributed by atoms with E-state index in [9.17, 15) is 9.90 Å². The van der Waals surface area contributed by atoms with Gasteiger partial charge in [-0.05, 0) is 30.7 Å². The van der Waals surface area contributed by atoms with Crippen LogP contribution in [0.3, 0.4) is 0 Å². The number of aromatic amines is 1. The lowest BCUT2D eigenvalue weighted by Gasteiger charge is -2.03. The molecule has 0 saturated heterocycles. The summed E-state index contributed by atoms with van der Waals surface area (Å²) in [6.45, 7) is 1.91. The van der Waals surface area contributed by atoms with Gasteiger partial charge in [-0.2, -0.15) is 0 Å². The van der Waals surface area contributed by atoms with Crippen LogP contribution in [-0.2, 0) is 0 Å². The van der Waals surface area contributed by atoms with Crippen molar-refractivity contribution in [3.63, 3.8) is 0 Å². The van der Waals surface area contributed by atoms with Crippen molar-refractivity contribution in [3.8, 4) is 11.4 Å². The fourth-order valence-corrected chi connectivity index (χ4v) is 2.37. The number of fused-ring (bicyclic) bond motifs is 1. The summed E-state index contributed by atoms with van der Waals surface area (Å²) in [5, 5.41) is 9.84.